The average Bonchev–Trinajstić information content (AvgIpc) is 2.41. The third-order valence-corrected chi connectivity index (χ3v) is 3.47. The van der Waals surface area contributed by atoms with Crippen molar-refractivity contribution in [3.8, 4) is 5.75 Å². The molecule has 1 saturated heterocycles. The van der Waals surface area contributed by atoms with Crippen molar-refractivity contribution in [1.29, 1.82) is 0 Å². The number of phenolic OH excluding ortho intramolecular Hbond substituents is 1. The molecule has 2 amide bonds. The lowest BCUT2D eigenvalue weighted by Gasteiger charge is -2.33. The van der Waals surface area contributed by atoms with Crippen LogP contribution in [0.5, 0.6) is 5.75 Å². The van der Waals surface area contributed by atoms with Crippen LogP contribution >= 0.6 is 0 Å². The number of piperidine rings is 1. The third-order valence-electron chi connectivity index (χ3n) is 3.47. The maximum absolute atomic E-state index is 12.0. The summed E-state index contributed by atoms with van der Waals surface area (Å²) in [6, 6.07) is 6.17. The number of carbonyl (C=O) groups is 2. The molecule has 1 aromatic rings. The van der Waals surface area contributed by atoms with Gasteiger partial charge in [0.05, 0.1) is 5.69 Å². The van der Waals surface area contributed by atoms with E-state index in [-0.39, 0.29) is 24.1 Å². The topological polar surface area (TPSA) is 89.9 Å². The summed E-state index contributed by atoms with van der Waals surface area (Å²) in [6.45, 7) is 0.476. The lowest BCUT2D eigenvalue weighted by molar-refractivity contribution is -0.117. The summed E-state index contributed by atoms with van der Waals surface area (Å²) in [7, 11) is 0. The SMILES string of the molecule is O=C(C[C@@H]1CCCCN1C(=O)O)Nc1ccccc1O. The minimum atomic E-state index is -0.981. The van der Waals surface area contributed by atoms with Crippen LogP contribution in [0, 0.1) is 0 Å². The van der Waals surface area contributed by atoms with Crippen LogP contribution in [0.15, 0.2) is 24.3 Å². The van der Waals surface area contributed by atoms with Gasteiger partial charge in [-0.25, -0.2) is 4.79 Å². The zero-order valence-electron chi connectivity index (χ0n) is 11.1. The predicted molar refractivity (Wildman–Crippen MR) is 73.7 cm³/mol. The minimum Gasteiger partial charge on any atom is -0.506 e. The summed E-state index contributed by atoms with van der Waals surface area (Å²) in [5.41, 5.74) is 0.343. The van der Waals surface area contributed by atoms with E-state index in [1.165, 1.54) is 11.0 Å². The Morgan fingerprint density at radius 1 is 1.30 bits per heavy atom. The van der Waals surface area contributed by atoms with Gasteiger partial charge in [0.1, 0.15) is 5.75 Å². The smallest absolute Gasteiger partial charge is 0.407 e. The van der Waals surface area contributed by atoms with Crippen LogP contribution in [0.2, 0.25) is 0 Å². The lowest BCUT2D eigenvalue weighted by atomic mass is 9.99. The Kier molecular flexibility index (Phi) is 4.45. The molecular formula is C14H18N2O4. The van der Waals surface area contributed by atoms with E-state index < -0.39 is 6.09 Å². The van der Waals surface area contributed by atoms with Gasteiger partial charge in [-0.1, -0.05) is 12.1 Å². The predicted octanol–water partition coefficient (Wildman–Crippen LogP) is 2.25. The van der Waals surface area contributed by atoms with Crippen LogP contribution in [0.4, 0.5) is 10.5 Å². The van der Waals surface area contributed by atoms with E-state index in [9.17, 15) is 14.7 Å². The molecule has 1 aliphatic heterocycles. The van der Waals surface area contributed by atoms with Gasteiger partial charge in [0.15, 0.2) is 0 Å². The number of rotatable bonds is 3. The van der Waals surface area contributed by atoms with Gasteiger partial charge in [-0.3, -0.25) is 4.79 Å². The molecule has 0 aromatic heterocycles. The summed E-state index contributed by atoms with van der Waals surface area (Å²) in [6.07, 6.45) is 1.59. The largest absolute Gasteiger partial charge is 0.506 e. The molecule has 108 valence electrons. The van der Waals surface area contributed by atoms with E-state index in [2.05, 4.69) is 5.32 Å². The fourth-order valence-electron chi connectivity index (χ4n) is 2.46. The second-order valence-electron chi connectivity index (χ2n) is 4.90. The Bertz CT molecular complexity index is 504. The Labute approximate surface area is 117 Å². The number of para-hydroxylation sites is 2. The van der Waals surface area contributed by atoms with Gasteiger partial charge < -0.3 is 20.4 Å². The molecule has 3 N–H and O–H groups in total. The monoisotopic (exact) mass is 278 g/mol. The molecule has 0 aliphatic carbocycles. The molecule has 0 radical (unpaired) electrons. The van der Waals surface area contributed by atoms with Crippen molar-refractivity contribution in [2.45, 2.75) is 31.7 Å². The number of anilines is 1. The second-order valence-corrected chi connectivity index (χ2v) is 4.90. The maximum atomic E-state index is 12.0. The minimum absolute atomic E-state index is 0.000384. The van der Waals surface area contributed by atoms with E-state index in [0.29, 0.717) is 18.7 Å². The van der Waals surface area contributed by atoms with E-state index in [1.807, 2.05) is 0 Å². The lowest BCUT2D eigenvalue weighted by Crippen LogP contribution is -2.44. The van der Waals surface area contributed by atoms with Crippen LogP contribution in [0.25, 0.3) is 0 Å². The summed E-state index contributed by atoms with van der Waals surface area (Å²) >= 11 is 0. The van der Waals surface area contributed by atoms with Crippen molar-refractivity contribution in [2.24, 2.45) is 0 Å². The number of amides is 2. The first-order chi connectivity index (χ1) is 9.58. The van der Waals surface area contributed by atoms with Crippen molar-refractivity contribution >= 4 is 17.7 Å². The van der Waals surface area contributed by atoms with Crippen molar-refractivity contribution in [2.75, 3.05) is 11.9 Å². The van der Waals surface area contributed by atoms with Gasteiger partial charge >= 0.3 is 6.09 Å². The van der Waals surface area contributed by atoms with Crippen LogP contribution in [-0.4, -0.2) is 39.7 Å². The van der Waals surface area contributed by atoms with Gasteiger partial charge in [-0.05, 0) is 31.4 Å². The van der Waals surface area contributed by atoms with Crippen molar-refractivity contribution < 1.29 is 19.8 Å². The number of phenols is 1. The average molecular weight is 278 g/mol. The fraction of sp³-hybridized carbons (Fsp3) is 0.429. The van der Waals surface area contributed by atoms with Gasteiger partial charge in [0.25, 0.3) is 0 Å². The molecule has 1 atom stereocenters. The number of likely N-dealkylation sites (tertiary alicyclic amines) is 1. The molecule has 0 unspecified atom stereocenters. The summed E-state index contributed by atoms with van der Waals surface area (Å²) in [4.78, 5) is 24.4. The van der Waals surface area contributed by atoms with E-state index in [0.717, 1.165) is 12.8 Å². The highest BCUT2D eigenvalue weighted by molar-refractivity contribution is 5.92. The van der Waals surface area contributed by atoms with Gasteiger partial charge in [-0.15, -0.1) is 0 Å². The van der Waals surface area contributed by atoms with Gasteiger partial charge in [-0.2, -0.15) is 0 Å². The molecule has 1 aromatic carbocycles. The summed E-state index contributed by atoms with van der Waals surface area (Å²) < 4.78 is 0. The summed E-state index contributed by atoms with van der Waals surface area (Å²) in [5, 5.41) is 21.3. The number of carbonyl (C=O) groups excluding carboxylic acids is 1. The third kappa shape index (κ3) is 3.40. The van der Waals surface area contributed by atoms with Crippen LogP contribution in [0.1, 0.15) is 25.7 Å². The normalized spacial score (nSPS) is 18.6. The number of hydrogen-bond donors (Lipinski definition) is 3. The Balaban J connectivity index is 1.96. The van der Waals surface area contributed by atoms with E-state index in [4.69, 9.17) is 5.11 Å². The highest BCUT2D eigenvalue weighted by atomic mass is 16.4. The van der Waals surface area contributed by atoms with Crippen LogP contribution in [0.3, 0.4) is 0 Å². The van der Waals surface area contributed by atoms with E-state index in [1.54, 1.807) is 18.2 Å². The van der Waals surface area contributed by atoms with Crippen molar-refractivity contribution in [3.05, 3.63) is 24.3 Å². The van der Waals surface area contributed by atoms with Gasteiger partial charge in [0, 0.05) is 19.0 Å². The number of carboxylic acid groups (broad SMARTS) is 1. The number of nitrogens with one attached hydrogen (secondary N) is 1. The molecule has 0 saturated carbocycles. The molecule has 0 spiro atoms. The molecule has 1 fully saturated rings. The molecule has 2 rings (SSSR count). The highest BCUT2D eigenvalue weighted by Crippen LogP contribution is 2.24. The Morgan fingerprint density at radius 3 is 2.75 bits per heavy atom. The molecule has 1 heterocycles. The van der Waals surface area contributed by atoms with Crippen molar-refractivity contribution in [1.82, 2.24) is 4.90 Å². The quantitative estimate of drug-likeness (QED) is 0.740. The molecule has 6 nitrogen and oxygen atoms in total. The van der Waals surface area contributed by atoms with Crippen molar-refractivity contribution in [3.63, 3.8) is 0 Å². The van der Waals surface area contributed by atoms with Gasteiger partial charge in [0.2, 0.25) is 5.91 Å². The first-order valence-electron chi connectivity index (χ1n) is 6.65. The molecule has 6 heteroatoms. The first-order valence-corrected chi connectivity index (χ1v) is 6.65. The summed E-state index contributed by atoms with van der Waals surface area (Å²) in [5.74, 6) is -0.288. The molecule has 1 aliphatic rings. The Morgan fingerprint density at radius 2 is 2.05 bits per heavy atom. The molecule has 0 bridgehead atoms. The second kappa shape index (κ2) is 6.27. The zero-order valence-corrected chi connectivity index (χ0v) is 11.1. The first kappa shape index (κ1) is 14.2. The standard InChI is InChI=1S/C14H18N2O4/c17-12-7-2-1-6-11(12)15-13(18)9-10-5-3-4-8-16(10)14(19)20/h1-2,6-7,10,17H,3-5,8-9H2,(H,15,18)(H,19,20)/t10-/m0/s1. The molecular weight excluding hydrogens is 260 g/mol. The maximum Gasteiger partial charge on any atom is 0.407 e. The molecule has 20 heavy (non-hydrogen) atoms. The number of aromatic hydroxyl groups is 1. The van der Waals surface area contributed by atoms with Crippen LogP contribution < -0.4 is 5.32 Å². The van der Waals surface area contributed by atoms with Crippen LogP contribution in [-0.2, 0) is 4.79 Å². The number of hydrogen-bond acceptors (Lipinski definition) is 3. The highest BCUT2D eigenvalue weighted by Gasteiger charge is 2.28. The van der Waals surface area contributed by atoms with E-state index >= 15 is 0 Å². The zero-order chi connectivity index (χ0) is 14.5. The number of nitrogens with zero attached hydrogens (tertiary/aromatic N) is 1. The number of benzene rings is 1. The Hall–Kier alpha value is -2.24. The fourth-order valence-corrected chi connectivity index (χ4v) is 2.46.